The summed E-state index contributed by atoms with van der Waals surface area (Å²) >= 11 is 0. The van der Waals surface area contributed by atoms with Crippen LogP contribution in [0.25, 0.3) is 0 Å². The number of hydrogen-bond acceptors (Lipinski definition) is 3. The molecule has 0 spiro atoms. The SMILES string of the molecule is CC(C)NC(=NC(C)C1CCOCC1)NN. The van der Waals surface area contributed by atoms with Gasteiger partial charge in [0.05, 0.1) is 6.04 Å². The fourth-order valence-electron chi connectivity index (χ4n) is 1.90. The van der Waals surface area contributed by atoms with Crippen molar-refractivity contribution in [2.45, 2.75) is 45.7 Å². The van der Waals surface area contributed by atoms with Crippen LogP contribution in [0.3, 0.4) is 0 Å². The second-order valence-corrected chi connectivity index (χ2v) is 4.61. The van der Waals surface area contributed by atoms with Crippen LogP contribution in [0.2, 0.25) is 0 Å². The van der Waals surface area contributed by atoms with Gasteiger partial charge in [-0.3, -0.25) is 5.43 Å². The molecule has 5 nitrogen and oxygen atoms in total. The van der Waals surface area contributed by atoms with Crippen molar-refractivity contribution in [1.29, 1.82) is 0 Å². The van der Waals surface area contributed by atoms with Gasteiger partial charge in [-0.2, -0.15) is 0 Å². The molecule has 5 heteroatoms. The maximum Gasteiger partial charge on any atom is 0.206 e. The molecule has 1 aliphatic heterocycles. The lowest BCUT2D eigenvalue weighted by molar-refractivity contribution is 0.0605. The number of hydrogen-bond donors (Lipinski definition) is 3. The smallest absolute Gasteiger partial charge is 0.206 e. The Kier molecular flexibility index (Phi) is 5.55. The van der Waals surface area contributed by atoms with E-state index in [1.54, 1.807) is 0 Å². The molecule has 4 N–H and O–H groups in total. The lowest BCUT2D eigenvalue weighted by Crippen LogP contribution is -2.45. The largest absolute Gasteiger partial charge is 0.381 e. The van der Waals surface area contributed by atoms with E-state index in [0.29, 0.717) is 17.9 Å². The number of nitrogens with one attached hydrogen (secondary N) is 2. The van der Waals surface area contributed by atoms with Gasteiger partial charge in [0.2, 0.25) is 5.96 Å². The summed E-state index contributed by atoms with van der Waals surface area (Å²) < 4.78 is 5.34. The Bertz CT molecular complexity index is 224. The van der Waals surface area contributed by atoms with E-state index >= 15 is 0 Å². The average molecular weight is 228 g/mol. The molecule has 1 aliphatic rings. The van der Waals surface area contributed by atoms with Crippen molar-refractivity contribution in [2.75, 3.05) is 13.2 Å². The van der Waals surface area contributed by atoms with Crippen LogP contribution < -0.4 is 16.6 Å². The minimum Gasteiger partial charge on any atom is -0.381 e. The molecule has 1 saturated heterocycles. The lowest BCUT2D eigenvalue weighted by Gasteiger charge is -2.26. The van der Waals surface area contributed by atoms with E-state index in [9.17, 15) is 0 Å². The first kappa shape index (κ1) is 13.3. The molecule has 1 heterocycles. The predicted molar refractivity (Wildman–Crippen MR) is 66.0 cm³/mol. The van der Waals surface area contributed by atoms with Crippen molar-refractivity contribution in [2.24, 2.45) is 16.8 Å². The minimum atomic E-state index is 0.279. The number of hydrazine groups is 1. The van der Waals surface area contributed by atoms with E-state index in [2.05, 4.69) is 36.5 Å². The molecule has 1 atom stereocenters. The lowest BCUT2D eigenvalue weighted by atomic mass is 9.93. The summed E-state index contributed by atoms with van der Waals surface area (Å²) in [4.78, 5) is 4.57. The standard InChI is InChI=1S/C11H24N4O/c1-8(2)13-11(15-12)14-9(3)10-4-6-16-7-5-10/h8-10H,4-7,12H2,1-3H3,(H2,13,14,15). The number of nitrogens with two attached hydrogens (primary N) is 1. The molecule has 0 radical (unpaired) electrons. The Labute approximate surface area is 97.8 Å². The van der Waals surface area contributed by atoms with Crippen molar-refractivity contribution in [3.8, 4) is 0 Å². The van der Waals surface area contributed by atoms with Crippen LogP contribution in [0.1, 0.15) is 33.6 Å². The number of aliphatic imine (C=N–C) groups is 1. The number of guanidine groups is 1. The Balaban J connectivity index is 2.50. The van der Waals surface area contributed by atoms with Crippen molar-refractivity contribution in [1.82, 2.24) is 10.7 Å². The van der Waals surface area contributed by atoms with Gasteiger partial charge in [-0.1, -0.05) is 0 Å². The van der Waals surface area contributed by atoms with Crippen LogP contribution in [0, 0.1) is 5.92 Å². The van der Waals surface area contributed by atoms with E-state index < -0.39 is 0 Å². The molecule has 1 unspecified atom stereocenters. The van der Waals surface area contributed by atoms with Crippen molar-refractivity contribution in [3.05, 3.63) is 0 Å². The van der Waals surface area contributed by atoms with Crippen molar-refractivity contribution in [3.63, 3.8) is 0 Å². The van der Waals surface area contributed by atoms with Gasteiger partial charge in [0.25, 0.3) is 0 Å². The average Bonchev–Trinajstić information content (AvgIpc) is 2.28. The molecule has 1 fully saturated rings. The highest BCUT2D eigenvalue weighted by atomic mass is 16.5. The van der Waals surface area contributed by atoms with E-state index in [4.69, 9.17) is 10.6 Å². The molecular formula is C11H24N4O. The summed E-state index contributed by atoms with van der Waals surface area (Å²) in [7, 11) is 0. The number of ether oxygens (including phenoxy) is 1. The third-order valence-corrected chi connectivity index (χ3v) is 2.84. The Morgan fingerprint density at radius 2 is 1.94 bits per heavy atom. The normalized spacial score (nSPS) is 20.9. The summed E-state index contributed by atoms with van der Waals surface area (Å²) in [6, 6.07) is 0.609. The monoisotopic (exact) mass is 228 g/mol. The van der Waals surface area contributed by atoms with Gasteiger partial charge >= 0.3 is 0 Å². The van der Waals surface area contributed by atoms with E-state index in [1.807, 2.05) is 0 Å². The molecule has 0 aliphatic carbocycles. The van der Waals surface area contributed by atoms with Crippen LogP contribution >= 0.6 is 0 Å². The second kappa shape index (κ2) is 6.70. The van der Waals surface area contributed by atoms with Crippen LogP contribution in [0.4, 0.5) is 0 Å². The van der Waals surface area contributed by atoms with Gasteiger partial charge in [-0.05, 0) is 39.5 Å². The molecule has 94 valence electrons. The van der Waals surface area contributed by atoms with Gasteiger partial charge in [0.15, 0.2) is 0 Å². The fraction of sp³-hybridized carbons (Fsp3) is 0.909. The van der Waals surface area contributed by atoms with Gasteiger partial charge in [-0.25, -0.2) is 10.8 Å². The first-order valence-electron chi connectivity index (χ1n) is 6.02. The van der Waals surface area contributed by atoms with Crippen molar-refractivity contribution >= 4 is 5.96 Å². The molecule has 0 aromatic heterocycles. The van der Waals surface area contributed by atoms with Crippen LogP contribution in [-0.2, 0) is 4.74 Å². The molecule has 0 saturated carbocycles. The summed E-state index contributed by atoms with van der Waals surface area (Å²) in [5.74, 6) is 6.71. The van der Waals surface area contributed by atoms with Gasteiger partial charge < -0.3 is 10.1 Å². The van der Waals surface area contributed by atoms with Crippen LogP contribution in [-0.4, -0.2) is 31.3 Å². The first-order valence-corrected chi connectivity index (χ1v) is 6.02. The second-order valence-electron chi connectivity index (χ2n) is 4.61. The molecule has 16 heavy (non-hydrogen) atoms. The predicted octanol–water partition coefficient (Wildman–Crippen LogP) is 0.619. The van der Waals surface area contributed by atoms with Crippen molar-refractivity contribution < 1.29 is 4.74 Å². The van der Waals surface area contributed by atoms with Gasteiger partial charge in [0.1, 0.15) is 0 Å². The maximum absolute atomic E-state index is 5.43. The van der Waals surface area contributed by atoms with E-state index in [0.717, 1.165) is 26.1 Å². The molecule has 0 amide bonds. The summed E-state index contributed by atoms with van der Waals surface area (Å²) in [6.45, 7) is 7.97. The third kappa shape index (κ3) is 4.37. The van der Waals surface area contributed by atoms with Crippen LogP contribution in [0.15, 0.2) is 4.99 Å². The third-order valence-electron chi connectivity index (χ3n) is 2.84. The molecule has 0 aromatic rings. The first-order chi connectivity index (χ1) is 7.63. The quantitative estimate of drug-likeness (QED) is 0.286. The summed E-state index contributed by atoms with van der Waals surface area (Å²) in [5, 5.41) is 3.18. The Morgan fingerprint density at radius 1 is 1.31 bits per heavy atom. The zero-order valence-corrected chi connectivity index (χ0v) is 10.5. The summed E-state index contributed by atoms with van der Waals surface area (Å²) in [6.07, 6.45) is 2.17. The van der Waals surface area contributed by atoms with Gasteiger partial charge in [-0.15, -0.1) is 0 Å². The topological polar surface area (TPSA) is 71.7 Å². The molecule has 1 rings (SSSR count). The Hall–Kier alpha value is -0.810. The summed E-state index contributed by atoms with van der Waals surface area (Å²) in [5.41, 5.74) is 2.61. The van der Waals surface area contributed by atoms with E-state index in [1.165, 1.54) is 0 Å². The zero-order valence-electron chi connectivity index (χ0n) is 10.5. The number of nitrogens with zero attached hydrogens (tertiary/aromatic N) is 1. The fourth-order valence-corrected chi connectivity index (χ4v) is 1.90. The highest BCUT2D eigenvalue weighted by Gasteiger charge is 2.20. The number of rotatable bonds is 3. The molecule has 0 aromatic carbocycles. The minimum absolute atomic E-state index is 0.279. The Morgan fingerprint density at radius 3 is 2.44 bits per heavy atom. The van der Waals surface area contributed by atoms with Crippen LogP contribution in [0.5, 0.6) is 0 Å². The zero-order chi connectivity index (χ0) is 12.0. The molecule has 0 bridgehead atoms. The molecular weight excluding hydrogens is 204 g/mol. The maximum atomic E-state index is 5.43. The van der Waals surface area contributed by atoms with Gasteiger partial charge in [0, 0.05) is 19.3 Å². The van der Waals surface area contributed by atoms with E-state index in [-0.39, 0.29) is 6.04 Å². The highest BCUT2D eigenvalue weighted by molar-refractivity contribution is 5.79. The highest BCUT2D eigenvalue weighted by Crippen LogP contribution is 2.20.